The molecule has 3 rings (SSSR count). The van der Waals surface area contributed by atoms with E-state index < -0.39 is 6.03 Å². The first-order chi connectivity index (χ1) is 16.0. The molecule has 0 aromatic heterocycles. The molecule has 3 N–H and O–H groups in total. The van der Waals surface area contributed by atoms with Crippen molar-refractivity contribution >= 4 is 29.0 Å². The van der Waals surface area contributed by atoms with E-state index in [0.29, 0.717) is 45.6 Å². The summed E-state index contributed by atoms with van der Waals surface area (Å²) in [6.07, 6.45) is 0. The molecule has 0 saturated carbocycles. The van der Waals surface area contributed by atoms with Gasteiger partial charge in [-0.25, -0.2) is 4.79 Å². The second kappa shape index (κ2) is 10.8. The monoisotopic (exact) mass is 451 g/mol. The number of amides is 3. The van der Waals surface area contributed by atoms with Crippen molar-refractivity contribution in [3.63, 3.8) is 0 Å². The van der Waals surface area contributed by atoms with Crippen LogP contribution in [0.3, 0.4) is 0 Å². The van der Waals surface area contributed by atoms with Crippen LogP contribution < -0.4 is 34.9 Å². The van der Waals surface area contributed by atoms with Gasteiger partial charge in [0.05, 0.1) is 45.5 Å². The number of rotatable bonds is 8. The number of carbonyl (C=O) groups is 2. The van der Waals surface area contributed by atoms with Crippen molar-refractivity contribution in [3.05, 3.63) is 66.2 Å². The molecule has 0 aliphatic carbocycles. The van der Waals surface area contributed by atoms with Crippen molar-refractivity contribution in [2.75, 3.05) is 44.4 Å². The predicted octanol–water partition coefficient (Wildman–Crippen LogP) is 4.62. The van der Waals surface area contributed by atoms with Gasteiger partial charge in [0.2, 0.25) is 0 Å². The molecule has 0 aliphatic heterocycles. The molecule has 0 atom stereocenters. The van der Waals surface area contributed by atoms with Gasteiger partial charge >= 0.3 is 6.03 Å². The second-order valence-electron chi connectivity index (χ2n) is 6.72. The molecule has 9 nitrogen and oxygen atoms in total. The average Bonchev–Trinajstić information content (AvgIpc) is 2.85. The molecule has 0 spiro atoms. The Bertz CT molecular complexity index is 1130. The fourth-order valence-corrected chi connectivity index (χ4v) is 3.05. The van der Waals surface area contributed by atoms with Crippen LogP contribution in [0.5, 0.6) is 23.0 Å². The average molecular weight is 451 g/mol. The van der Waals surface area contributed by atoms with Gasteiger partial charge in [-0.15, -0.1) is 0 Å². The first kappa shape index (κ1) is 23.3. The van der Waals surface area contributed by atoms with Crippen LogP contribution in [0.4, 0.5) is 21.9 Å². The Morgan fingerprint density at radius 3 is 1.73 bits per heavy atom. The number of anilines is 3. The number of urea groups is 1. The highest BCUT2D eigenvalue weighted by atomic mass is 16.5. The summed E-state index contributed by atoms with van der Waals surface area (Å²) in [4.78, 5) is 25.2. The molecule has 0 aliphatic rings. The molecule has 9 heteroatoms. The van der Waals surface area contributed by atoms with Crippen molar-refractivity contribution in [2.45, 2.75) is 0 Å². The lowest BCUT2D eigenvalue weighted by atomic mass is 10.2. The second-order valence-corrected chi connectivity index (χ2v) is 6.72. The minimum Gasteiger partial charge on any atom is -0.497 e. The van der Waals surface area contributed by atoms with Crippen LogP contribution in [0.1, 0.15) is 10.4 Å². The highest BCUT2D eigenvalue weighted by molar-refractivity contribution is 6.06. The van der Waals surface area contributed by atoms with Gasteiger partial charge in [-0.3, -0.25) is 4.79 Å². The van der Waals surface area contributed by atoms with Crippen LogP contribution in [0.25, 0.3) is 0 Å². The minimum atomic E-state index is -0.528. The van der Waals surface area contributed by atoms with Gasteiger partial charge in [0.1, 0.15) is 23.0 Å². The Kier molecular flexibility index (Phi) is 7.59. The van der Waals surface area contributed by atoms with Crippen LogP contribution in [0, 0.1) is 0 Å². The summed E-state index contributed by atoms with van der Waals surface area (Å²) in [5, 5.41) is 8.24. The summed E-state index contributed by atoms with van der Waals surface area (Å²) < 4.78 is 21.3. The molecule has 3 amide bonds. The fourth-order valence-electron chi connectivity index (χ4n) is 3.05. The van der Waals surface area contributed by atoms with Gasteiger partial charge in [0.15, 0.2) is 0 Å². The number of carbonyl (C=O) groups excluding carboxylic acids is 2. The molecule has 172 valence electrons. The summed E-state index contributed by atoms with van der Waals surface area (Å²) in [5.41, 5.74) is 1.69. The Balaban J connectivity index is 1.80. The zero-order chi connectivity index (χ0) is 23.8. The molecule has 3 aromatic carbocycles. The van der Waals surface area contributed by atoms with E-state index >= 15 is 0 Å². The highest BCUT2D eigenvalue weighted by Crippen LogP contribution is 2.37. The summed E-state index contributed by atoms with van der Waals surface area (Å²) in [6, 6.07) is 16.4. The largest absolute Gasteiger partial charge is 0.497 e. The Labute approximate surface area is 191 Å². The van der Waals surface area contributed by atoms with E-state index in [-0.39, 0.29) is 5.91 Å². The summed E-state index contributed by atoms with van der Waals surface area (Å²) in [6.45, 7) is 0. The quantitative estimate of drug-likeness (QED) is 0.461. The topological polar surface area (TPSA) is 107 Å². The molecule has 0 bridgehead atoms. The summed E-state index contributed by atoms with van der Waals surface area (Å²) >= 11 is 0. The number of nitrogens with one attached hydrogen (secondary N) is 3. The van der Waals surface area contributed by atoms with Crippen molar-refractivity contribution in [1.82, 2.24) is 0 Å². The Hall–Kier alpha value is -4.40. The zero-order valence-electron chi connectivity index (χ0n) is 18.7. The standard InChI is InChI=1S/C24H25N3O6/c1-30-16-10-11-17(20(12-16)31-2)26-24(29)27-19-14-21(32-3)18(13-22(19)33-4)25-23(28)15-8-6-5-7-9-15/h5-14H,1-4H3,(H,25,28)(H2,26,27,29). The normalized spacial score (nSPS) is 10.1. The lowest BCUT2D eigenvalue weighted by Crippen LogP contribution is -2.20. The van der Waals surface area contributed by atoms with E-state index in [0.717, 1.165) is 0 Å². The number of ether oxygens (including phenoxy) is 4. The minimum absolute atomic E-state index is 0.305. The molecule has 0 fully saturated rings. The first-order valence-corrected chi connectivity index (χ1v) is 9.91. The fraction of sp³-hybridized carbons (Fsp3) is 0.167. The smallest absolute Gasteiger partial charge is 0.323 e. The van der Waals surface area contributed by atoms with E-state index in [4.69, 9.17) is 18.9 Å². The van der Waals surface area contributed by atoms with E-state index in [9.17, 15) is 9.59 Å². The first-order valence-electron chi connectivity index (χ1n) is 9.91. The van der Waals surface area contributed by atoms with Crippen LogP contribution in [-0.2, 0) is 0 Å². The molecule has 3 aromatic rings. The van der Waals surface area contributed by atoms with Crippen molar-refractivity contribution < 1.29 is 28.5 Å². The van der Waals surface area contributed by atoms with E-state index in [2.05, 4.69) is 16.0 Å². The number of methoxy groups -OCH3 is 4. The molecule has 0 saturated heterocycles. The Morgan fingerprint density at radius 2 is 1.15 bits per heavy atom. The number of hydrogen-bond acceptors (Lipinski definition) is 6. The maximum absolute atomic E-state index is 12.6. The maximum atomic E-state index is 12.6. The van der Waals surface area contributed by atoms with E-state index in [1.54, 1.807) is 61.7 Å². The third kappa shape index (κ3) is 5.65. The third-order valence-corrected chi connectivity index (χ3v) is 4.71. The van der Waals surface area contributed by atoms with Gasteiger partial charge in [0, 0.05) is 23.8 Å². The SMILES string of the molecule is COc1ccc(NC(=O)Nc2cc(OC)c(NC(=O)c3ccccc3)cc2OC)c(OC)c1. The molecule has 0 radical (unpaired) electrons. The van der Waals surface area contributed by atoms with Crippen molar-refractivity contribution in [2.24, 2.45) is 0 Å². The lowest BCUT2D eigenvalue weighted by Gasteiger charge is -2.17. The Morgan fingerprint density at radius 1 is 0.606 bits per heavy atom. The molecular formula is C24H25N3O6. The van der Waals surface area contributed by atoms with Gasteiger partial charge < -0.3 is 34.9 Å². The molecule has 0 heterocycles. The maximum Gasteiger partial charge on any atom is 0.323 e. The molecule has 0 unspecified atom stereocenters. The van der Waals surface area contributed by atoms with E-state index in [1.165, 1.54) is 21.3 Å². The summed E-state index contributed by atoms with van der Waals surface area (Å²) in [7, 11) is 5.96. The van der Waals surface area contributed by atoms with Crippen molar-refractivity contribution in [3.8, 4) is 23.0 Å². The van der Waals surface area contributed by atoms with Crippen LogP contribution in [-0.4, -0.2) is 40.4 Å². The molecule has 33 heavy (non-hydrogen) atoms. The predicted molar refractivity (Wildman–Crippen MR) is 126 cm³/mol. The molecular weight excluding hydrogens is 426 g/mol. The van der Waals surface area contributed by atoms with Gasteiger partial charge in [-0.05, 0) is 24.3 Å². The van der Waals surface area contributed by atoms with Gasteiger partial charge in [-0.2, -0.15) is 0 Å². The third-order valence-electron chi connectivity index (χ3n) is 4.71. The number of benzene rings is 3. The summed E-state index contributed by atoms with van der Waals surface area (Å²) in [5.74, 6) is 1.40. The zero-order valence-corrected chi connectivity index (χ0v) is 18.7. The van der Waals surface area contributed by atoms with Gasteiger partial charge in [-0.1, -0.05) is 18.2 Å². The van der Waals surface area contributed by atoms with E-state index in [1.807, 2.05) is 6.07 Å². The number of hydrogen-bond donors (Lipinski definition) is 3. The van der Waals surface area contributed by atoms with Crippen LogP contribution in [0.15, 0.2) is 60.7 Å². The lowest BCUT2D eigenvalue weighted by molar-refractivity contribution is 0.102. The van der Waals surface area contributed by atoms with Gasteiger partial charge in [0.25, 0.3) is 5.91 Å². The van der Waals surface area contributed by atoms with Crippen LogP contribution in [0.2, 0.25) is 0 Å². The van der Waals surface area contributed by atoms with Crippen LogP contribution >= 0.6 is 0 Å². The van der Waals surface area contributed by atoms with Crippen molar-refractivity contribution in [1.29, 1.82) is 0 Å². The highest BCUT2D eigenvalue weighted by Gasteiger charge is 2.17.